The zero-order valence-corrected chi connectivity index (χ0v) is 13.3. The Kier molecular flexibility index (Phi) is 5.36. The molecular formula is C14H18ClN3O2S. The van der Waals surface area contributed by atoms with Crippen LogP contribution in [-0.4, -0.2) is 35.2 Å². The largest absolute Gasteiger partial charge is 0.368 e. The maximum absolute atomic E-state index is 12.4. The Hall–Kier alpha value is -1.40. The molecule has 0 aliphatic carbocycles. The van der Waals surface area contributed by atoms with Gasteiger partial charge in [0.05, 0.1) is 5.69 Å². The van der Waals surface area contributed by atoms with E-state index < -0.39 is 11.9 Å². The van der Waals surface area contributed by atoms with Crippen molar-refractivity contribution in [3.05, 3.63) is 23.2 Å². The van der Waals surface area contributed by atoms with Crippen molar-refractivity contribution in [3.63, 3.8) is 0 Å². The second kappa shape index (κ2) is 7.04. The molecular weight excluding hydrogens is 310 g/mol. The molecule has 114 valence electrons. The normalized spacial score (nSPS) is 17.8. The number of hydrogen-bond donors (Lipinski definition) is 2. The second-order valence-corrected chi connectivity index (χ2v) is 6.50. The number of primary amides is 1. The standard InChI is InChI=1S/C14H18ClN3O2S/c1-2-21-12-6-5-9(15)8-10(12)17-14(20)18-7-3-4-11(18)13(16)19/h5-6,8,11H,2-4,7H2,1H3,(H2,16,19)(H,17,20)/t11-/m0/s1. The predicted molar refractivity (Wildman–Crippen MR) is 85.8 cm³/mol. The van der Waals surface area contributed by atoms with Crippen molar-refractivity contribution in [1.82, 2.24) is 4.90 Å². The Balaban J connectivity index is 2.15. The minimum Gasteiger partial charge on any atom is -0.368 e. The van der Waals surface area contributed by atoms with Crippen molar-refractivity contribution in [3.8, 4) is 0 Å². The van der Waals surface area contributed by atoms with E-state index >= 15 is 0 Å². The van der Waals surface area contributed by atoms with Crippen LogP contribution in [0, 0.1) is 0 Å². The van der Waals surface area contributed by atoms with E-state index in [1.807, 2.05) is 13.0 Å². The minimum absolute atomic E-state index is 0.309. The van der Waals surface area contributed by atoms with E-state index in [1.54, 1.807) is 23.9 Å². The summed E-state index contributed by atoms with van der Waals surface area (Å²) in [6, 6.07) is 4.55. The van der Waals surface area contributed by atoms with E-state index in [9.17, 15) is 9.59 Å². The fourth-order valence-corrected chi connectivity index (χ4v) is 3.29. The SMILES string of the molecule is CCSc1ccc(Cl)cc1NC(=O)N1CCC[C@H]1C(N)=O. The summed E-state index contributed by atoms with van der Waals surface area (Å²) in [5, 5.41) is 3.39. The summed E-state index contributed by atoms with van der Waals surface area (Å²) in [5.41, 5.74) is 6.00. The van der Waals surface area contributed by atoms with Gasteiger partial charge in [-0.05, 0) is 36.8 Å². The zero-order valence-electron chi connectivity index (χ0n) is 11.8. The molecule has 1 fully saturated rings. The second-order valence-electron chi connectivity index (χ2n) is 4.76. The molecule has 1 atom stereocenters. The number of carbonyl (C=O) groups excluding carboxylic acids is 2. The Morgan fingerprint density at radius 1 is 1.52 bits per heavy atom. The van der Waals surface area contributed by atoms with Crippen molar-refractivity contribution in [2.75, 3.05) is 17.6 Å². The molecule has 2 rings (SSSR count). The molecule has 1 aromatic rings. The molecule has 0 spiro atoms. The van der Waals surface area contributed by atoms with Crippen LogP contribution < -0.4 is 11.1 Å². The highest BCUT2D eigenvalue weighted by Crippen LogP contribution is 2.30. The lowest BCUT2D eigenvalue weighted by Crippen LogP contribution is -2.45. The fraction of sp³-hybridized carbons (Fsp3) is 0.429. The summed E-state index contributed by atoms with van der Waals surface area (Å²) in [7, 11) is 0. The molecule has 1 heterocycles. The van der Waals surface area contributed by atoms with Gasteiger partial charge in [-0.2, -0.15) is 0 Å². The number of thioether (sulfide) groups is 1. The molecule has 3 amide bonds. The highest BCUT2D eigenvalue weighted by Gasteiger charge is 2.32. The summed E-state index contributed by atoms with van der Waals surface area (Å²) < 4.78 is 0. The molecule has 1 saturated heterocycles. The number of likely N-dealkylation sites (tertiary alicyclic amines) is 1. The fourth-order valence-electron chi connectivity index (χ4n) is 2.37. The summed E-state index contributed by atoms with van der Waals surface area (Å²) in [6.07, 6.45) is 1.40. The molecule has 0 unspecified atom stereocenters. The number of amides is 3. The van der Waals surface area contributed by atoms with Gasteiger partial charge in [-0.3, -0.25) is 4.79 Å². The van der Waals surface area contributed by atoms with Crippen LogP contribution in [0.25, 0.3) is 0 Å². The summed E-state index contributed by atoms with van der Waals surface area (Å²) in [5.74, 6) is 0.426. The number of carbonyl (C=O) groups is 2. The molecule has 0 aromatic heterocycles. The first-order valence-electron chi connectivity index (χ1n) is 6.82. The molecule has 0 radical (unpaired) electrons. The third kappa shape index (κ3) is 3.83. The molecule has 1 aliphatic heterocycles. The molecule has 0 saturated carbocycles. The first-order chi connectivity index (χ1) is 10.0. The average Bonchev–Trinajstić information content (AvgIpc) is 2.91. The lowest BCUT2D eigenvalue weighted by atomic mass is 10.2. The number of hydrogen-bond acceptors (Lipinski definition) is 3. The highest BCUT2D eigenvalue weighted by atomic mass is 35.5. The van der Waals surface area contributed by atoms with Crippen LogP contribution in [0.2, 0.25) is 5.02 Å². The van der Waals surface area contributed by atoms with Crippen LogP contribution in [0.15, 0.2) is 23.1 Å². The molecule has 5 nitrogen and oxygen atoms in total. The van der Waals surface area contributed by atoms with Gasteiger partial charge in [-0.1, -0.05) is 18.5 Å². The Bertz CT molecular complexity index is 553. The van der Waals surface area contributed by atoms with Gasteiger partial charge in [0, 0.05) is 16.5 Å². The van der Waals surface area contributed by atoms with Crippen molar-refractivity contribution < 1.29 is 9.59 Å². The first-order valence-corrected chi connectivity index (χ1v) is 8.18. The van der Waals surface area contributed by atoms with E-state index in [2.05, 4.69) is 5.32 Å². The summed E-state index contributed by atoms with van der Waals surface area (Å²) >= 11 is 7.61. The number of rotatable bonds is 4. The van der Waals surface area contributed by atoms with Crippen LogP contribution in [0.5, 0.6) is 0 Å². The van der Waals surface area contributed by atoms with E-state index in [-0.39, 0.29) is 6.03 Å². The number of nitrogens with two attached hydrogens (primary N) is 1. The van der Waals surface area contributed by atoms with Crippen LogP contribution in [-0.2, 0) is 4.79 Å². The van der Waals surface area contributed by atoms with E-state index in [0.29, 0.717) is 23.7 Å². The number of halogens is 1. The molecule has 7 heteroatoms. The number of anilines is 1. The van der Waals surface area contributed by atoms with Gasteiger partial charge in [0.15, 0.2) is 0 Å². The van der Waals surface area contributed by atoms with Gasteiger partial charge in [0.2, 0.25) is 5.91 Å². The van der Waals surface area contributed by atoms with Crippen molar-refractivity contribution in [1.29, 1.82) is 0 Å². The van der Waals surface area contributed by atoms with Crippen LogP contribution in [0.4, 0.5) is 10.5 Å². The predicted octanol–water partition coefficient (Wildman–Crippen LogP) is 2.93. The third-order valence-corrected chi connectivity index (χ3v) is 4.52. The summed E-state index contributed by atoms with van der Waals surface area (Å²) in [6.45, 7) is 2.57. The van der Waals surface area contributed by atoms with Crippen molar-refractivity contribution in [2.45, 2.75) is 30.7 Å². The number of nitrogens with zero attached hydrogens (tertiary/aromatic N) is 1. The molecule has 3 N–H and O–H groups in total. The molecule has 1 aliphatic rings. The lowest BCUT2D eigenvalue weighted by Gasteiger charge is -2.23. The number of nitrogens with one attached hydrogen (secondary N) is 1. The van der Waals surface area contributed by atoms with Gasteiger partial charge >= 0.3 is 6.03 Å². The smallest absolute Gasteiger partial charge is 0.322 e. The van der Waals surface area contributed by atoms with Gasteiger partial charge in [0.1, 0.15) is 6.04 Å². The quantitative estimate of drug-likeness (QED) is 0.835. The van der Waals surface area contributed by atoms with E-state index in [1.165, 1.54) is 4.90 Å². The molecule has 1 aromatic carbocycles. The summed E-state index contributed by atoms with van der Waals surface area (Å²) in [4.78, 5) is 26.2. The van der Waals surface area contributed by atoms with Gasteiger partial charge < -0.3 is 16.0 Å². The maximum atomic E-state index is 12.4. The Morgan fingerprint density at radius 3 is 2.95 bits per heavy atom. The number of urea groups is 1. The van der Waals surface area contributed by atoms with E-state index in [4.69, 9.17) is 17.3 Å². The molecule has 21 heavy (non-hydrogen) atoms. The third-order valence-electron chi connectivity index (χ3n) is 3.33. The van der Waals surface area contributed by atoms with Crippen molar-refractivity contribution >= 4 is 41.0 Å². The maximum Gasteiger partial charge on any atom is 0.322 e. The highest BCUT2D eigenvalue weighted by molar-refractivity contribution is 7.99. The van der Waals surface area contributed by atoms with Gasteiger partial charge in [-0.15, -0.1) is 11.8 Å². The first kappa shape index (κ1) is 16.0. The lowest BCUT2D eigenvalue weighted by molar-refractivity contribution is -0.121. The van der Waals surface area contributed by atoms with Crippen molar-refractivity contribution in [2.24, 2.45) is 5.73 Å². The minimum atomic E-state index is -0.522. The molecule has 0 bridgehead atoms. The topological polar surface area (TPSA) is 75.4 Å². The van der Waals surface area contributed by atoms with Gasteiger partial charge in [0.25, 0.3) is 0 Å². The van der Waals surface area contributed by atoms with Gasteiger partial charge in [-0.25, -0.2) is 4.79 Å². The Morgan fingerprint density at radius 2 is 2.29 bits per heavy atom. The monoisotopic (exact) mass is 327 g/mol. The van der Waals surface area contributed by atoms with Crippen LogP contribution >= 0.6 is 23.4 Å². The Labute approximate surface area is 133 Å². The zero-order chi connectivity index (χ0) is 15.4. The average molecular weight is 328 g/mol. The number of benzene rings is 1. The van der Waals surface area contributed by atoms with Crippen LogP contribution in [0.1, 0.15) is 19.8 Å². The van der Waals surface area contributed by atoms with Crippen LogP contribution in [0.3, 0.4) is 0 Å². The van der Waals surface area contributed by atoms with E-state index in [0.717, 1.165) is 17.1 Å².